The number of hydrogen-bond acceptors (Lipinski definition) is 7. The molecule has 1 aliphatic rings. The van der Waals surface area contributed by atoms with Gasteiger partial charge in [0.05, 0.1) is 18.3 Å². The lowest BCUT2D eigenvalue weighted by molar-refractivity contribution is -0.164. The molecule has 1 aliphatic heterocycles. The van der Waals surface area contributed by atoms with Crippen LogP contribution in [0, 0.1) is 17.5 Å². The average molecular weight is 442 g/mol. The van der Waals surface area contributed by atoms with Crippen LogP contribution in [0.5, 0.6) is 0 Å². The molecular weight excluding hydrogens is 421 g/mol. The summed E-state index contributed by atoms with van der Waals surface area (Å²) in [7, 11) is 0. The van der Waals surface area contributed by atoms with Gasteiger partial charge in [0.25, 0.3) is 0 Å². The Labute approximate surface area is 175 Å². The molecule has 0 bridgehead atoms. The third-order valence-corrected chi connectivity index (χ3v) is 5.79. The third kappa shape index (κ3) is 4.90. The first-order chi connectivity index (χ1) is 14.3. The normalized spacial score (nSPS) is 27.1. The van der Waals surface area contributed by atoms with Crippen molar-refractivity contribution in [3.05, 3.63) is 71.7 Å². The Morgan fingerprint density at radius 3 is 2.33 bits per heavy atom. The first-order valence-corrected chi connectivity index (χ1v) is 9.90. The molecule has 1 saturated heterocycles. The van der Waals surface area contributed by atoms with Crippen LogP contribution in [-0.2, 0) is 4.74 Å². The van der Waals surface area contributed by atoms with Gasteiger partial charge in [-0.2, -0.15) is 0 Å². The molecule has 162 valence electrons. The van der Waals surface area contributed by atoms with E-state index in [1.54, 1.807) is 0 Å². The minimum atomic E-state index is -1.61. The van der Waals surface area contributed by atoms with Crippen molar-refractivity contribution in [2.24, 2.45) is 5.73 Å². The number of hydrogen-bond donors (Lipinski definition) is 5. The maximum absolute atomic E-state index is 13.4. The molecule has 0 amide bonds. The van der Waals surface area contributed by atoms with E-state index in [2.05, 4.69) is 5.32 Å². The minimum absolute atomic E-state index is 0.121. The zero-order valence-electron chi connectivity index (χ0n) is 15.6. The van der Waals surface area contributed by atoms with E-state index in [0.29, 0.717) is 0 Å². The lowest BCUT2D eigenvalue weighted by atomic mass is 9.97. The van der Waals surface area contributed by atoms with Crippen molar-refractivity contribution in [3.8, 4) is 0 Å². The largest absolute Gasteiger partial charge is 0.397 e. The number of rotatable bonds is 6. The molecule has 0 radical (unpaired) electrons. The van der Waals surface area contributed by atoms with E-state index in [-0.39, 0.29) is 11.3 Å². The highest BCUT2D eigenvalue weighted by Crippen LogP contribution is 2.33. The summed E-state index contributed by atoms with van der Waals surface area (Å²) in [4.78, 5) is 0.806. The SMILES string of the molecule is N/C(=C\NC1C(O)C(CO)OC(Sc2ccccc2)C1O)c1cc(F)c(F)c(F)c1. The van der Waals surface area contributed by atoms with Crippen molar-refractivity contribution < 1.29 is 33.2 Å². The Bertz CT molecular complexity index is 880. The lowest BCUT2D eigenvalue weighted by Crippen LogP contribution is -2.62. The molecule has 1 heterocycles. The predicted octanol–water partition coefficient (Wildman–Crippen LogP) is 1.55. The van der Waals surface area contributed by atoms with Gasteiger partial charge < -0.3 is 31.1 Å². The van der Waals surface area contributed by atoms with Crippen LogP contribution in [-0.4, -0.2) is 51.7 Å². The van der Waals surface area contributed by atoms with Crippen molar-refractivity contribution in [3.63, 3.8) is 0 Å². The van der Waals surface area contributed by atoms with Crippen LogP contribution in [0.4, 0.5) is 13.2 Å². The zero-order valence-corrected chi connectivity index (χ0v) is 16.4. The Balaban J connectivity index is 1.79. The molecule has 0 saturated carbocycles. The highest BCUT2D eigenvalue weighted by Gasteiger charge is 2.44. The molecule has 3 rings (SSSR count). The number of thioether (sulfide) groups is 1. The fraction of sp³-hybridized carbons (Fsp3) is 0.300. The zero-order chi connectivity index (χ0) is 21.8. The second kappa shape index (κ2) is 9.71. The maximum Gasteiger partial charge on any atom is 0.194 e. The van der Waals surface area contributed by atoms with Gasteiger partial charge in [-0.05, 0) is 24.3 Å². The molecule has 6 nitrogen and oxygen atoms in total. The quantitative estimate of drug-likeness (QED) is 0.432. The topological polar surface area (TPSA) is 108 Å². The van der Waals surface area contributed by atoms with Gasteiger partial charge in [0.2, 0.25) is 0 Å². The monoisotopic (exact) mass is 442 g/mol. The maximum atomic E-state index is 13.4. The first-order valence-electron chi connectivity index (χ1n) is 9.02. The van der Waals surface area contributed by atoms with E-state index in [9.17, 15) is 28.5 Å². The molecule has 5 unspecified atom stereocenters. The van der Waals surface area contributed by atoms with Gasteiger partial charge in [-0.15, -0.1) is 0 Å². The van der Waals surface area contributed by atoms with Crippen LogP contribution in [0.3, 0.4) is 0 Å². The van der Waals surface area contributed by atoms with Crippen LogP contribution in [0.1, 0.15) is 5.56 Å². The smallest absolute Gasteiger partial charge is 0.194 e. The van der Waals surface area contributed by atoms with E-state index in [4.69, 9.17) is 10.5 Å². The van der Waals surface area contributed by atoms with Gasteiger partial charge in [-0.1, -0.05) is 30.0 Å². The Morgan fingerprint density at radius 1 is 1.10 bits per heavy atom. The fourth-order valence-corrected chi connectivity index (χ4v) is 4.10. The van der Waals surface area contributed by atoms with E-state index in [1.807, 2.05) is 30.3 Å². The van der Waals surface area contributed by atoms with Crippen molar-refractivity contribution >= 4 is 17.5 Å². The van der Waals surface area contributed by atoms with E-state index < -0.39 is 53.8 Å². The Hall–Kier alpha value is -2.24. The van der Waals surface area contributed by atoms with Gasteiger partial charge in [-0.3, -0.25) is 0 Å². The molecule has 1 fully saturated rings. The summed E-state index contributed by atoms with van der Waals surface area (Å²) in [5, 5.41) is 33.4. The van der Waals surface area contributed by atoms with Crippen LogP contribution >= 0.6 is 11.8 Å². The van der Waals surface area contributed by atoms with Crippen LogP contribution < -0.4 is 11.1 Å². The van der Waals surface area contributed by atoms with Gasteiger partial charge in [0.1, 0.15) is 23.7 Å². The van der Waals surface area contributed by atoms with Crippen molar-refractivity contribution in [1.29, 1.82) is 0 Å². The number of nitrogens with one attached hydrogen (secondary N) is 1. The van der Waals surface area contributed by atoms with Crippen LogP contribution in [0.15, 0.2) is 53.6 Å². The van der Waals surface area contributed by atoms with Gasteiger partial charge in [-0.25, -0.2) is 13.2 Å². The first kappa shape index (κ1) is 22.4. The lowest BCUT2D eigenvalue weighted by Gasteiger charge is -2.42. The molecule has 10 heteroatoms. The van der Waals surface area contributed by atoms with E-state index in [0.717, 1.165) is 23.2 Å². The van der Waals surface area contributed by atoms with Crippen molar-refractivity contribution in [2.45, 2.75) is 34.7 Å². The Kier molecular flexibility index (Phi) is 7.27. The second-order valence-electron chi connectivity index (χ2n) is 6.68. The molecule has 0 spiro atoms. The summed E-state index contributed by atoms with van der Waals surface area (Å²) in [6, 6.07) is 9.55. The molecule has 6 N–H and O–H groups in total. The van der Waals surface area contributed by atoms with Crippen molar-refractivity contribution in [1.82, 2.24) is 5.32 Å². The number of benzene rings is 2. The summed E-state index contributed by atoms with van der Waals surface area (Å²) in [5.74, 6) is -4.40. The van der Waals surface area contributed by atoms with Gasteiger partial charge in [0, 0.05) is 16.7 Å². The van der Waals surface area contributed by atoms with Crippen LogP contribution in [0.2, 0.25) is 0 Å². The summed E-state index contributed by atoms with van der Waals surface area (Å²) >= 11 is 1.21. The van der Waals surface area contributed by atoms with E-state index >= 15 is 0 Å². The van der Waals surface area contributed by atoms with Gasteiger partial charge in [0.15, 0.2) is 17.5 Å². The number of ether oxygens (including phenoxy) is 1. The molecule has 30 heavy (non-hydrogen) atoms. The highest BCUT2D eigenvalue weighted by atomic mass is 32.2. The van der Waals surface area contributed by atoms with Crippen molar-refractivity contribution in [2.75, 3.05) is 6.61 Å². The number of nitrogens with two attached hydrogens (primary N) is 1. The second-order valence-corrected chi connectivity index (χ2v) is 7.86. The standard InChI is InChI=1S/C20H21F3N2O4S/c21-12-6-10(7-13(22)16(12)23)14(24)8-25-17-18(27)15(9-26)29-20(19(17)28)30-11-4-2-1-3-5-11/h1-8,15,17-20,25-28H,9,24H2/b14-8-. The molecule has 0 aliphatic carbocycles. The summed E-state index contributed by atoms with van der Waals surface area (Å²) in [6.45, 7) is -0.495. The average Bonchev–Trinajstić information content (AvgIpc) is 2.74. The number of aliphatic hydroxyl groups excluding tert-OH is 3. The summed E-state index contributed by atoms with van der Waals surface area (Å²) < 4.78 is 45.6. The highest BCUT2D eigenvalue weighted by molar-refractivity contribution is 7.99. The van der Waals surface area contributed by atoms with Crippen LogP contribution in [0.25, 0.3) is 5.70 Å². The number of aliphatic hydroxyl groups is 3. The summed E-state index contributed by atoms with van der Waals surface area (Å²) in [5.41, 5.74) is 4.72. The molecule has 2 aromatic rings. The fourth-order valence-electron chi connectivity index (χ4n) is 3.01. The molecule has 2 aromatic carbocycles. The van der Waals surface area contributed by atoms with Gasteiger partial charge >= 0.3 is 0 Å². The Morgan fingerprint density at radius 2 is 1.73 bits per heavy atom. The predicted molar refractivity (Wildman–Crippen MR) is 105 cm³/mol. The summed E-state index contributed by atoms with van der Waals surface area (Å²) in [6.07, 6.45) is -2.36. The molecule has 5 atom stereocenters. The molecule has 0 aromatic heterocycles. The third-order valence-electron chi connectivity index (χ3n) is 4.63. The minimum Gasteiger partial charge on any atom is -0.397 e. The molecular formula is C20H21F3N2O4S. The van der Waals surface area contributed by atoms with E-state index in [1.165, 1.54) is 11.8 Å². The number of halogens is 3.